The molecular weight excluding hydrogens is 639 g/mol. The van der Waals surface area contributed by atoms with E-state index < -0.39 is 17.8 Å². The van der Waals surface area contributed by atoms with Crippen LogP contribution in [0.3, 0.4) is 0 Å². The molecule has 0 saturated heterocycles. The van der Waals surface area contributed by atoms with E-state index in [1.165, 1.54) is 25.7 Å². The largest absolute Gasteiger partial charge is 0.390 e. The van der Waals surface area contributed by atoms with Gasteiger partial charge in [0.05, 0.1) is 17.8 Å². The Labute approximate surface area is 277 Å². The maximum absolute atomic E-state index is 10.1. The van der Waals surface area contributed by atoms with Crippen LogP contribution in [0.1, 0.15) is 91.9 Å². The Balaban J connectivity index is 0.00000341. The minimum atomic E-state index is -0.623. The summed E-state index contributed by atoms with van der Waals surface area (Å²) in [5.41, 5.74) is 6.12. The molecule has 3 rings (SSSR count). The van der Waals surface area contributed by atoms with Crippen LogP contribution in [-0.2, 0) is 98.1 Å². The number of aliphatic hydroxyl groups is 3. The minimum Gasteiger partial charge on any atom is -0.390 e. The van der Waals surface area contributed by atoms with Crippen LogP contribution >= 0.6 is 0 Å². The molecule has 0 aromatic carbocycles. The molecule has 4 atom stereocenters. The number of hydrogen-bond donors (Lipinski definition) is 3. The van der Waals surface area contributed by atoms with Crippen molar-refractivity contribution in [2.75, 3.05) is 0 Å². The van der Waals surface area contributed by atoms with Crippen molar-refractivity contribution in [3.63, 3.8) is 0 Å². The molecule has 0 aromatic rings. The Hall–Kier alpha value is 2.15. The fourth-order valence-corrected chi connectivity index (χ4v) is 6.12. The molecule has 0 aliphatic heterocycles. The molecular formula is C27H42O3Y3. The monoisotopic (exact) mass is 681 g/mol. The first-order valence-corrected chi connectivity index (χ1v) is 11.9. The molecule has 3 aliphatic rings. The zero-order valence-electron chi connectivity index (χ0n) is 21.2. The van der Waals surface area contributed by atoms with Crippen LogP contribution in [0.25, 0.3) is 0 Å². The summed E-state index contributed by atoms with van der Waals surface area (Å²) in [4.78, 5) is 0. The van der Waals surface area contributed by atoms with Crippen molar-refractivity contribution >= 4 is 0 Å². The van der Waals surface area contributed by atoms with Crippen LogP contribution < -0.4 is 0 Å². The van der Waals surface area contributed by atoms with Gasteiger partial charge in [0.2, 0.25) is 0 Å². The van der Waals surface area contributed by atoms with Gasteiger partial charge in [-0.1, -0.05) is 47.9 Å². The van der Waals surface area contributed by atoms with Gasteiger partial charge in [-0.05, 0) is 102 Å². The van der Waals surface area contributed by atoms with Crippen LogP contribution in [0.2, 0.25) is 0 Å². The van der Waals surface area contributed by atoms with Crippen LogP contribution in [-0.4, -0.2) is 33.1 Å². The van der Waals surface area contributed by atoms with E-state index in [9.17, 15) is 15.3 Å². The van der Waals surface area contributed by atoms with Crippen molar-refractivity contribution in [2.24, 2.45) is 11.3 Å². The molecule has 177 valence electrons. The molecule has 0 bridgehead atoms. The van der Waals surface area contributed by atoms with E-state index in [4.69, 9.17) is 0 Å². The Morgan fingerprint density at radius 3 is 2.27 bits per heavy atom. The Kier molecular flexibility index (Phi) is 15.9. The van der Waals surface area contributed by atoms with E-state index >= 15 is 0 Å². The number of fused-ring (bicyclic) bond motifs is 1. The third-order valence-corrected chi connectivity index (χ3v) is 7.91. The van der Waals surface area contributed by atoms with Crippen molar-refractivity contribution in [1.82, 2.24) is 0 Å². The number of hydrogen-bond acceptors (Lipinski definition) is 3. The fourth-order valence-electron chi connectivity index (χ4n) is 6.12. The maximum Gasteiger partial charge on any atom is 0.0809 e. The summed E-state index contributed by atoms with van der Waals surface area (Å²) in [5.74, 6) is 0.607. The molecule has 0 unspecified atom stereocenters. The molecule has 3 aliphatic carbocycles. The second-order valence-corrected chi connectivity index (χ2v) is 10.9. The summed E-state index contributed by atoms with van der Waals surface area (Å²) in [6, 6.07) is 0. The van der Waals surface area contributed by atoms with E-state index in [0.717, 1.165) is 31.3 Å². The first kappa shape index (κ1) is 35.2. The van der Waals surface area contributed by atoms with Crippen molar-refractivity contribution in [3.05, 3.63) is 46.6 Å². The summed E-state index contributed by atoms with van der Waals surface area (Å²) in [6.45, 7) is 12.4. The van der Waals surface area contributed by atoms with Crippen LogP contribution in [0.5, 0.6) is 0 Å². The fraction of sp³-hybridized carbons (Fsp3) is 0.704. The van der Waals surface area contributed by atoms with Crippen molar-refractivity contribution in [1.29, 1.82) is 0 Å². The molecule has 3 N–H and O–H groups in total. The first-order chi connectivity index (χ1) is 14.0. The third kappa shape index (κ3) is 9.14. The second-order valence-electron chi connectivity index (χ2n) is 10.9. The topological polar surface area (TPSA) is 60.7 Å². The van der Waals surface area contributed by atoms with Crippen LogP contribution in [0.15, 0.2) is 46.6 Å². The zero-order valence-corrected chi connectivity index (χ0v) is 29.8. The van der Waals surface area contributed by atoms with Gasteiger partial charge in [-0.25, -0.2) is 0 Å². The predicted molar refractivity (Wildman–Crippen MR) is 124 cm³/mol. The Morgan fingerprint density at radius 1 is 1.09 bits per heavy atom. The molecule has 3 fully saturated rings. The van der Waals surface area contributed by atoms with Crippen LogP contribution in [0, 0.1) is 11.3 Å². The smallest absolute Gasteiger partial charge is 0.0809 e. The minimum absolute atomic E-state index is 0. The first-order valence-electron chi connectivity index (χ1n) is 11.9. The Bertz CT molecular complexity index is 747. The van der Waals surface area contributed by atoms with Gasteiger partial charge in [0.15, 0.2) is 0 Å². The molecule has 3 saturated carbocycles. The summed E-state index contributed by atoms with van der Waals surface area (Å²) >= 11 is 0. The summed E-state index contributed by atoms with van der Waals surface area (Å²) in [6.07, 6.45) is 13.5. The molecule has 3 radical (unpaired) electrons. The second kappa shape index (κ2) is 14.9. The van der Waals surface area contributed by atoms with Gasteiger partial charge in [-0.2, -0.15) is 0 Å². The average Bonchev–Trinajstić information content (AvgIpc) is 3.00. The van der Waals surface area contributed by atoms with E-state index in [1.54, 1.807) is 16.7 Å². The van der Waals surface area contributed by atoms with Crippen molar-refractivity contribution in [3.8, 4) is 0 Å². The molecule has 0 heterocycles. The van der Waals surface area contributed by atoms with E-state index in [0.29, 0.717) is 24.3 Å². The number of aliphatic hydroxyl groups excluding tert-OH is 2. The molecule has 6 heteroatoms. The van der Waals surface area contributed by atoms with E-state index in [2.05, 4.69) is 32.6 Å². The number of rotatable bonds is 5. The molecule has 0 spiro atoms. The van der Waals surface area contributed by atoms with Gasteiger partial charge < -0.3 is 15.3 Å². The Morgan fingerprint density at radius 2 is 1.70 bits per heavy atom. The normalized spacial score (nSPS) is 32.3. The van der Waals surface area contributed by atoms with Crippen LogP contribution in [0.4, 0.5) is 0 Å². The summed E-state index contributed by atoms with van der Waals surface area (Å²) < 4.78 is 0. The SMILES string of the molecule is C=C1[C@H](O)CC(=C/C=C2\CCC[C@]3(C)/C(=C(/C)CCCC(C)(C)O)CC[C@@H]23)C[C@H]1O.[Y].[Y].[Y]. The summed E-state index contributed by atoms with van der Waals surface area (Å²) in [5, 5.41) is 30.3. The zero-order chi connectivity index (χ0) is 22.1. The maximum atomic E-state index is 10.1. The molecule has 0 aromatic heterocycles. The standard InChI is InChI=1S/C27H42O3.3Y/c1-18(8-6-14-26(3,4)30)22-12-13-23-21(9-7-15-27(22,23)5)11-10-20-16-24(28)19(2)25(29)17-20;;;/h10-11,23-25,28-30H,2,6-9,12-17H2,1,3-5H3;;;/b21-11+,22-18-;;;/t23-,24+,25+,27+;;;/m0.../s1. The van der Waals surface area contributed by atoms with Gasteiger partial charge in [-0.15, -0.1) is 0 Å². The predicted octanol–water partition coefficient (Wildman–Crippen LogP) is 5.76. The third-order valence-electron chi connectivity index (χ3n) is 7.91. The van der Waals surface area contributed by atoms with Crippen molar-refractivity contribution in [2.45, 2.75) is 110 Å². The molecule has 33 heavy (non-hydrogen) atoms. The molecule has 3 nitrogen and oxygen atoms in total. The van der Waals surface area contributed by atoms with Gasteiger partial charge in [-0.3, -0.25) is 0 Å². The summed E-state index contributed by atoms with van der Waals surface area (Å²) in [7, 11) is 0. The van der Waals surface area contributed by atoms with E-state index in [-0.39, 0.29) is 104 Å². The van der Waals surface area contributed by atoms with Gasteiger partial charge in [0.25, 0.3) is 0 Å². The quantitative estimate of drug-likeness (QED) is 0.324. The van der Waals surface area contributed by atoms with Gasteiger partial charge in [0, 0.05) is 98.1 Å². The average molecular weight is 681 g/mol. The number of allylic oxidation sites excluding steroid dienone is 5. The van der Waals surface area contributed by atoms with Gasteiger partial charge >= 0.3 is 0 Å². The van der Waals surface area contributed by atoms with Gasteiger partial charge in [0.1, 0.15) is 0 Å². The molecule has 0 amide bonds. The van der Waals surface area contributed by atoms with Crippen molar-refractivity contribution < 1.29 is 113 Å². The van der Waals surface area contributed by atoms with E-state index in [1.807, 2.05) is 13.8 Å².